The molecule has 1 aromatic rings. The molecule has 3 nitrogen and oxygen atoms in total. The van der Waals surface area contributed by atoms with Crippen LogP contribution >= 0.6 is 0 Å². The summed E-state index contributed by atoms with van der Waals surface area (Å²) in [6.45, 7) is 2.12. The highest BCUT2D eigenvalue weighted by atomic mass is 16.5. The number of aryl methyl sites for hydroxylation is 2. The van der Waals surface area contributed by atoms with E-state index in [4.69, 9.17) is 4.74 Å². The van der Waals surface area contributed by atoms with Crippen LogP contribution in [-0.4, -0.2) is 24.3 Å². The molecule has 19 heavy (non-hydrogen) atoms. The van der Waals surface area contributed by atoms with Crippen molar-refractivity contribution in [1.82, 2.24) is 9.88 Å². The summed E-state index contributed by atoms with van der Waals surface area (Å²) in [6, 6.07) is 0.572. The average molecular weight is 262 g/mol. The third-order valence-electron chi connectivity index (χ3n) is 4.63. The average Bonchev–Trinajstić information content (AvgIpc) is 3.06. The Kier molecular flexibility index (Phi) is 4.24. The van der Waals surface area contributed by atoms with E-state index < -0.39 is 0 Å². The van der Waals surface area contributed by atoms with Crippen molar-refractivity contribution in [3.05, 3.63) is 23.5 Å². The zero-order valence-corrected chi connectivity index (χ0v) is 12.0. The van der Waals surface area contributed by atoms with Gasteiger partial charge in [-0.25, -0.2) is 0 Å². The van der Waals surface area contributed by atoms with E-state index in [2.05, 4.69) is 29.3 Å². The summed E-state index contributed by atoms with van der Waals surface area (Å²) in [7, 11) is 2.08. The Morgan fingerprint density at radius 1 is 1.32 bits per heavy atom. The van der Waals surface area contributed by atoms with Crippen LogP contribution in [0.4, 0.5) is 0 Å². The van der Waals surface area contributed by atoms with E-state index >= 15 is 0 Å². The molecule has 0 aromatic carbocycles. The van der Waals surface area contributed by atoms with Gasteiger partial charge in [-0.15, -0.1) is 0 Å². The van der Waals surface area contributed by atoms with Gasteiger partial charge in [-0.2, -0.15) is 0 Å². The lowest BCUT2D eigenvalue weighted by molar-refractivity contribution is 0.101. The van der Waals surface area contributed by atoms with Gasteiger partial charge in [-0.1, -0.05) is 0 Å². The van der Waals surface area contributed by atoms with Crippen molar-refractivity contribution in [3.8, 4) is 0 Å². The Morgan fingerprint density at radius 3 is 3.05 bits per heavy atom. The lowest BCUT2D eigenvalue weighted by Crippen LogP contribution is -2.20. The molecular weight excluding hydrogens is 236 g/mol. The molecule has 2 unspecified atom stereocenters. The molecule has 2 atom stereocenters. The van der Waals surface area contributed by atoms with Gasteiger partial charge in [0.1, 0.15) is 0 Å². The summed E-state index contributed by atoms with van der Waals surface area (Å²) < 4.78 is 8.09. The summed E-state index contributed by atoms with van der Waals surface area (Å²) in [5.41, 5.74) is 3.09. The molecule has 0 amide bonds. The maximum Gasteiger partial charge on any atom is 0.0576 e. The number of nitrogens with zero attached hydrogens (tertiary/aromatic N) is 1. The quantitative estimate of drug-likeness (QED) is 0.882. The SMILES string of the molecule is CNC1CCCc2cn(CCCC3CCCO3)cc21. The Bertz CT molecular complexity index is 407. The van der Waals surface area contributed by atoms with Gasteiger partial charge in [-0.05, 0) is 63.1 Å². The number of hydrogen-bond acceptors (Lipinski definition) is 2. The van der Waals surface area contributed by atoms with Crippen molar-refractivity contribution in [2.75, 3.05) is 13.7 Å². The van der Waals surface area contributed by atoms with Crippen molar-refractivity contribution >= 4 is 0 Å². The molecule has 1 saturated heterocycles. The number of aromatic nitrogens is 1. The Balaban J connectivity index is 1.55. The van der Waals surface area contributed by atoms with E-state index in [0.717, 1.165) is 13.2 Å². The van der Waals surface area contributed by atoms with E-state index in [9.17, 15) is 0 Å². The monoisotopic (exact) mass is 262 g/mol. The largest absolute Gasteiger partial charge is 0.378 e. The molecule has 1 aromatic heterocycles. The summed E-state index contributed by atoms with van der Waals surface area (Å²) in [5, 5.41) is 3.44. The predicted molar refractivity (Wildman–Crippen MR) is 77.4 cm³/mol. The fourth-order valence-corrected chi connectivity index (χ4v) is 3.55. The molecule has 0 saturated carbocycles. The van der Waals surface area contributed by atoms with E-state index in [0.29, 0.717) is 12.1 Å². The molecule has 3 rings (SSSR count). The first-order chi connectivity index (χ1) is 9.36. The van der Waals surface area contributed by atoms with Crippen molar-refractivity contribution in [1.29, 1.82) is 0 Å². The fraction of sp³-hybridized carbons (Fsp3) is 0.750. The van der Waals surface area contributed by atoms with Gasteiger partial charge in [-0.3, -0.25) is 0 Å². The standard InChI is InChI=1S/C16H26N2O/c1-17-16-8-2-5-13-11-18(12-15(13)16)9-3-6-14-7-4-10-19-14/h11-12,14,16-17H,2-10H2,1H3. The first-order valence-corrected chi connectivity index (χ1v) is 7.84. The van der Waals surface area contributed by atoms with Crippen LogP contribution in [0.5, 0.6) is 0 Å². The van der Waals surface area contributed by atoms with E-state index in [1.807, 2.05) is 0 Å². The summed E-state index contributed by atoms with van der Waals surface area (Å²) >= 11 is 0. The molecule has 2 heterocycles. The minimum Gasteiger partial charge on any atom is -0.378 e. The van der Waals surface area contributed by atoms with Gasteiger partial charge in [0.2, 0.25) is 0 Å². The summed E-state index contributed by atoms with van der Waals surface area (Å²) in [5.74, 6) is 0. The molecule has 1 aliphatic heterocycles. The molecule has 2 aliphatic rings. The zero-order chi connectivity index (χ0) is 13.1. The smallest absolute Gasteiger partial charge is 0.0576 e. The van der Waals surface area contributed by atoms with Crippen molar-refractivity contribution < 1.29 is 4.74 Å². The number of hydrogen-bond donors (Lipinski definition) is 1. The normalized spacial score (nSPS) is 26.6. The highest BCUT2D eigenvalue weighted by molar-refractivity contribution is 5.30. The van der Waals surface area contributed by atoms with Crippen LogP contribution in [0.2, 0.25) is 0 Å². The zero-order valence-electron chi connectivity index (χ0n) is 12.0. The van der Waals surface area contributed by atoms with Gasteiger partial charge >= 0.3 is 0 Å². The van der Waals surface area contributed by atoms with Gasteiger partial charge in [0.05, 0.1) is 6.10 Å². The lowest BCUT2D eigenvalue weighted by atomic mass is 9.91. The van der Waals surface area contributed by atoms with Gasteiger partial charge in [0.25, 0.3) is 0 Å². The van der Waals surface area contributed by atoms with Crippen LogP contribution in [0.1, 0.15) is 55.7 Å². The lowest BCUT2D eigenvalue weighted by Gasteiger charge is -2.21. The molecular formula is C16H26N2O. The number of rotatable bonds is 5. The Labute approximate surface area is 116 Å². The minimum atomic E-state index is 0.537. The second kappa shape index (κ2) is 6.10. The van der Waals surface area contributed by atoms with Crippen LogP contribution in [0.3, 0.4) is 0 Å². The van der Waals surface area contributed by atoms with Crippen LogP contribution in [0.25, 0.3) is 0 Å². The maximum absolute atomic E-state index is 5.69. The summed E-state index contributed by atoms with van der Waals surface area (Å²) in [6.07, 6.45) is 14.1. The first-order valence-electron chi connectivity index (χ1n) is 7.84. The van der Waals surface area contributed by atoms with Crippen molar-refractivity contribution in [2.24, 2.45) is 0 Å². The van der Waals surface area contributed by atoms with Crippen LogP contribution in [0, 0.1) is 0 Å². The summed E-state index contributed by atoms with van der Waals surface area (Å²) in [4.78, 5) is 0. The van der Waals surface area contributed by atoms with Crippen molar-refractivity contribution in [3.63, 3.8) is 0 Å². The fourth-order valence-electron chi connectivity index (χ4n) is 3.55. The number of nitrogens with one attached hydrogen (secondary N) is 1. The third-order valence-corrected chi connectivity index (χ3v) is 4.63. The van der Waals surface area contributed by atoms with E-state index in [1.54, 1.807) is 5.56 Å². The Hall–Kier alpha value is -0.800. The maximum atomic E-state index is 5.69. The topological polar surface area (TPSA) is 26.2 Å². The molecule has 0 spiro atoms. The van der Waals surface area contributed by atoms with E-state index in [-0.39, 0.29) is 0 Å². The molecule has 3 heteroatoms. The highest BCUT2D eigenvalue weighted by Crippen LogP contribution is 2.30. The van der Waals surface area contributed by atoms with Crippen LogP contribution < -0.4 is 5.32 Å². The molecule has 1 N–H and O–H groups in total. The minimum absolute atomic E-state index is 0.537. The van der Waals surface area contributed by atoms with Gasteiger partial charge < -0.3 is 14.6 Å². The first kappa shape index (κ1) is 13.2. The molecule has 1 fully saturated rings. The van der Waals surface area contributed by atoms with Crippen LogP contribution in [-0.2, 0) is 17.7 Å². The second-order valence-electron chi connectivity index (χ2n) is 5.99. The number of ether oxygens (including phenoxy) is 1. The molecule has 0 bridgehead atoms. The van der Waals surface area contributed by atoms with E-state index in [1.165, 1.54) is 50.5 Å². The highest BCUT2D eigenvalue weighted by Gasteiger charge is 2.20. The number of fused-ring (bicyclic) bond motifs is 1. The third kappa shape index (κ3) is 3.03. The Morgan fingerprint density at radius 2 is 2.26 bits per heavy atom. The molecule has 106 valence electrons. The van der Waals surface area contributed by atoms with Crippen LogP contribution in [0.15, 0.2) is 12.4 Å². The molecule has 1 aliphatic carbocycles. The second-order valence-corrected chi connectivity index (χ2v) is 5.99. The predicted octanol–water partition coefficient (Wildman–Crippen LogP) is 3.04. The van der Waals surface area contributed by atoms with Crippen molar-refractivity contribution in [2.45, 2.75) is 63.6 Å². The molecule has 0 radical (unpaired) electrons. The van der Waals surface area contributed by atoms with Gasteiger partial charge in [0.15, 0.2) is 0 Å². The van der Waals surface area contributed by atoms with Gasteiger partial charge in [0, 0.05) is 31.6 Å².